The highest BCUT2D eigenvalue weighted by Crippen LogP contribution is 2.48. The Kier molecular flexibility index (Phi) is 15.8. The highest BCUT2D eigenvalue weighted by atomic mass is 15.2. The van der Waals surface area contributed by atoms with Gasteiger partial charge in [0.15, 0.2) is 0 Å². The topological polar surface area (TPSA) is 200 Å². The van der Waals surface area contributed by atoms with Crippen LogP contribution in [0.3, 0.4) is 0 Å². The molecule has 18 nitrogen and oxygen atoms in total. The van der Waals surface area contributed by atoms with E-state index in [1.807, 2.05) is 30.6 Å². The van der Waals surface area contributed by atoms with Gasteiger partial charge in [0, 0.05) is 193 Å². The molecule has 28 rings (SSSR count). The van der Waals surface area contributed by atoms with Gasteiger partial charge >= 0.3 is 0 Å². The van der Waals surface area contributed by atoms with Crippen molar-refractivity contribution in [3.63, 3.8) is 0 Å². The van der Waals surface area contributed by atoms with Crippen LogP contribution in [0.25, 0.3) is 241 Å². The molecule has 0 fully saturated rings. The number of nitrogens with zero attached hydrogens (tertiary/aromatic N) is 18. The minimum absolute atomic E-state index is 0.594. The molecule has 11 aromatic heterocycles. The van der Waals surface area contributed by atoms with Gasteiger partial charge in [0.05, 0.1) is 88.3 Å². The van der Waals surface area contributed by atoms with Crippen molar-refractivity contribution in [2.24, 2.45) is 0 Å². The smallest absolute Gasteiger partial charge is 0.237 e. The lowest BCUT2D eigenvalue weighted by atomic mass is 9.97. The Morgan fingerprint density at radius 2 is 0.387 bits per heavy atom. The first-order valence-corrected chi connectivity index (χ1v) is 40.9. The molecule has 17 aromatic carbocycles. The molecule has 0 atom stereocenters. The Morgan fingerprint density at radius 3 is 0.710 bits per heavy atom. The summed E-state index contributed by atoms with van der Waals surface area (Å²) in [5, 5.41) is 27.8. The van der Waals surface area contributed by atoms with Crippen LogP contribution in [0.2, 0.25) is 0 Å². The maximum absolute atomic E-state index is 4.75. The van der Waals surface area contributed by atoms with Gasteiger partial charge < -0.3 is 9.13 Å². The molecule has 0 aliphatic rings. The first-order valence-electron chi connectivity index (χ1n) is 40.9. The van der Waals surface area contributed by atoms with Crippen molar-refractivity contribution in [3.8, 4) is 23.3 Å². The number of pyridine rings is 1. The summed E-state index contributed by atoms with van der Waals surface area (Å²) >= 11 is 0. The van der Waals surface area contributed by atoms with Gasteiger partial charge in [-0.1, -0.05) is 237 Å². The molecule has 28 aromatic rings. The predicted molar refractivity (Wildman–Crippen MR) is 502 cm³/mol. The molecule has 0 N–H and O–H groups in total. The molecule has 0 aliphatic heterocycles. The number of benzene rings is 17. The van der Waals surface area contributed by atoms with Crippen molar-refractivity contribution >= 4 is 218 Å². The van der Waals surface area contributed by atoms with Gasteiger partial charge in [0.25, 0.3) is 0 Å². The molecule has 0 spiro atoms. The number of fused-ring (bicyclic) bond motifs is 40. The predicted octanol–water partition coefficient (Wildman–Crippen LogP) is 24.5. The molecule has 124 heavy (non-hydrogen) atoms. The Bertz CT molecular complexity index is 8070. The molecule has 0 aliphatic carbocycles. The Labute approximate surface area is 702 Å². The van der Waals surface area contributed by atoms with E-state index in [-0.39, 0.29) is 0 Å². The van der Waals surface area contributed by atoms with Crippen LogP contribution in [0.4, 0.5) is 0 Å². The monoisotopic (exact) mass is 1590 g/mol. The van der Waals surface area contributed by atoms with Gasteiger partial charge in [-0.2, -0.15) is 0 Å². The normalized spacial score (nSPS) is 11.9. The van der Waals surface area contributed by atoms with E-state index in [0.29, 0.717) is 11.9 Å². The molecular weight excluding hydrogens is 1530 g/mol. The summed E-state index contributed by atoms with van der Waals surface area (Å²) < 4.78 is 9.04. The second-order valence-corrected chi connectivity index (χ2v) is 30.7. The average molecular weight is 1590 g/mol. The van der Waals surface area contributed by atoms with E-state index in [0.717, 1.165) is 153 Å². The Balaban J connectivity index is 0.0000000906. The van der Waals surface area contributed by atoms with Crippen molar-refractivity contribution in [1.82, 2.24) is 88.0 Å². The van der Waals surface area contributed by atoms with Gasteiger partial charge in [0.2, 0.25) is 11.9 Å². The molecule has 0 saturated carbocycles. The van der Waals surface area contributed by atoms with E-state index in [4.69, 9.17) is 24.9 Å². The minimum Gasteiger partial charge on any atom is -0.309 e. The van der Waals surface area contributed by atoms with E-state index in [1.165, 1.54) is 88.6 Å². The zero-order chi connectivity index (χ0) is 81.5. The SMILES string of the molecule is c1ccc(-n2c3ccccc3c3ccc4c5nccnc5c5ccccc5c4c32)cc1.c1ccc2c(c1)c1nccnc1c1ccc3c4ccccc4n(-c4ccncc4)c3c21.c1ccc2c(c1)c1nccnc1c1ccc3c4ccccc4n(-c4ncncn4)c3c21.c1cnc(-n2c3ccccc3c3ccc4c5nccnc5c5ccccc5c4c32)nc1. The molecule has 576 valence electrons. The molecule has 18 heteroatoms. The molecule has 0 unspecified atom stereocenters. The molecule has 0 bridgehead atoms. The van der Waals surface area contributed by atoms with Gasteiger partial charge in [-0.25, -0.2) is 24.9 Å². The third kappa shape index (κ3) is 10.5. The van der Waals surface area contributed by atoms with Crippen LogP contribution in [0.15, 0.2) is 378 Å². The van der Waals surface area contributed by atoms with E-state index in [9.17, 15) is 0 Å². The highest BCUT2D eigenvalue weighted by Gasteiger charge is 2.26. The van der Waals surface area contributed by atoms with E-state index >= 15 is 0 Å². The van der Waals surface area contributed by atoms with E-state index in [2.05, 4.69) is 336 Å². The third-order valence-electron chi connectivity index (χ3n) is 24.3. The Hall–Kier alpha value is -17.4. The van der Waals surface area contributed by atoms with Crippen molar-refractivity contribution in [2.75, 3.05) is 0 Å². The first kappa shape index (κ1) is 69.7. The first-order chi connectivity index (χ1) is 61.7. The van der Waals surface area contributed by atoms with Gasteiger partial charge in [0.1, 0.15) is 12.7 Å². The second-order valence-electron chi connectivity index (χ2n) is 30.7. The number of aromatic nitrogens is 18. The molecule has 0 saturated heterocycles. The van der Waals surface area contributed by atoms with Crippen LogP contribution in [0.5, 0.6) is 0 Å². The molecule has 0 radical (unpaired) electrons. The quantitative estimate of drug-likeness (QED) is 0.151. The van der Waals surface area contributed by atoms with Crippen molar-refractivity contribution in [3.05, 3.63) is 378 Å². The van der Waals surface area contributed by atoms with Crippen molar-refractivity contribution in [1.29, 1.82) is 0 Å². The molecular formula is C106H62N18. The van der Waals surface area contributed by atoms with Gasteiger partial charge in [-0.05, 0) is 76.1 Å². The summed E-state index contributed by atoms with van der Waals surface area (Å²) in [6, 6.07) is 102. The number of hydrogen-bond acceptors (Lipinski definition) is 14. The number of para-hydroxylation sites is 5. The molecule has 11 heterocycles. The van der Waals surface area contributed by atoms with Crippen LogP contribution in [0.1, 0.15) is 0 Å². The fourth-order valence-electron chi connectivity index (χ4n) is 19.4. The number of hydrogen-bond donors (Lipinski definition) is 0. The fourth-order valence-corrected chi connectivity index (χ4v) is 19.4. The van der Waals surface area contributed by atoms with Crippen molar-refractivity contribution in [2.45, 2.75) is 0 Å². The summed E-state index contributed by atoms with van der Waals surface area (Å²) in [7, 11) is 0. The summed E-state index contributed by atoms with van der Waals surface area (Å²) in [4.78, 5) is 64.0. The summed E-state index contributed by atoms with van der Waals surface area (Å²) in [6.07, 6.45) is 24.5. The summed E-state index contributed by atoms with van der Waals surface area (Å²) in [5.74, 6) is 1.25. The maximum atomic E-state index is 4.75. The lowest BCUT2D eigenvalue weighted by molar-refractivity contribution is 0.941. The lowest BCUT2D eigenvalue weighted by Gasteiger charge is -2.13. The maximum Gasteiger partial charge on any atom is 0.237 e. The van der Waals surface area contributed by atoms with E-state index < -0.39 is 0 Å². The average Bonchev–Trinajstić information content (AvgIpc) is 1.48. The zero-order valence-corrected chi connectivity index (χ0v) is 65.8. The summed E-state index contributed by atoms with van der Waals surface area (Å²) in [6.45, 7) is 0. The largest absolute Gasteiger partial charge is 0.309 e. The highest BCUT2D eigenvalue weighted by molar-refractivity contribution is 6.37. The number of rotatable bonds is 4. The van der Waals surface area contributed by atoms with Crippen molar-refractivity contribution < 1.29 is 0 Å². The van der Waals surface area contributed by atoms with Crippen LogP contribution < -0.4 is 0 Å². The van der Waals surface area contributed by atoms with Crippen LogP contribution >= 0.6 is 0 Å². The van der Waals surface area contributed by atoms with Gasteiger partial charge in [-0.3, -0.25) is 54.0 Å². The van der Waals surface area contributed by atoms with Crippen LogP contribution in [0, 0.1) is 0 Å². The fraction of sp³-hybridized carbons (Fsp3) is 0. The van der Waals surface area contributed by atoms with Crippen LogP contribution in [-0.2, 0) is 0 Å². The summed E-state index contributed by atoms with van der Waals surface area (Å²) in [5.41, 5.74) is 18.7. The van der Waals surface area contributed by atoms with E-state index in [1.54, 1.807) is 62.0 Å². The third-order valence-corrected chi connectivity index (χ3v) is 24.3. The van der Waals surface area contributed by atoms with Crippen LogP contribution in [-0.4, -0.2) is 88.0 Å². The lowest BCUT2D eigenvalue weighted by Crippen LogP contribution is -2.01. The standard InChI is InChI=1S/C28H17N3.C27H16N4.C26H15N5.C25H14N6/c1-2-8-18(9-3-1)31-24-13-7-6-10-19(24)22-14-15-23-25(28(22)31)20-11-4-5-12-21(20)26-27(23)30-17-16-29-26;1-2-7-20-19(6-1)24-22(26-25(20)29-15-16-30-26)10-9-21-18-5-3-4-8-23(18)31(27(21)24)17-11-13-28-14-12-17;1-2-8-18-17(7-1)22-20(24-23(18)27-14-15-28-24)11-10-19-16-6-3-4-9-21(16)31(25(19)22)26-29-12-5-13-30-26;1-2-7-17-16(6-1)21-19(23-22(17)27-11-12-28-23)10-9-18-15-5-3-4-8-20(15)31(24(18)21)25-29-13-26-14-30-25/h1-17H;1-16H;1-15H;1-14H. The Morgan fingerprint density at radius 1 is 0.145 bits per heavy atom. The zero-order valence-electron chi connectivity index (χ0n) is 65.8. The molecule has 0 amide bonds. The second kappa shape index (κ2) is 28.2. The minimum atomic E-state index is 0.594. The van der Waals surface area contributed by atoms with Gasteiger partial charge in [-0.15, -0.1) is 0 Å².